The molecular formula is C11H13N5. The Morgan fingerprint density at radius 1 is 1.31 bits per heavy atom. The summed E-state index contributed by atoms with van der Waals surface area (Å²) in [6.07, 6.45) is 5.37. The predicted octanol–water partition coefficient (Wildman–Crippen LogP) is 0.630. The first-order valence-electron chi connectivity index (χ1n) is 5.31. The second-order valence-electron chi connectivity index (χ2n) is 3.87. The molecule has 0 saturated heterocycles. The SMILES string of the molecule is Nc1ccncc1-c1cnn2c1CNCC2. The molecule has 3 rings (SSSR count). The number of anilines is 1. The number of nitrogens with zero attached hydrogens (tertiary/aromatic N) is 3. The Labute approximate surface area is 93.3 Å². The first-order valence-corrected chi connectivity index (χ1v) is 5.31. The highest BCUT2D eigenvalue weighted by Crippen LogP contribution is 2.28. The summed E-state index contributed by atoms with van der Waals surface area (Å²) < 4.78 is 2.03. The van der Waals surface area contributed by atoms with Crippen LogP contribution in [-0.2, 0) is 13.1 Å². The van der Waals surface area contributed by atoms with Gasteiger partial charge in [-0.3, -0.25) is 9.67 Å². The van der Waals surface area contributed by atoms with E-state index in [1.54, 1.807) is 12.4 Å². The van der Waals surface area contributed by atoms with Crippen LogP contribution in [0.4, 0.5) is 5.69 Å². The maximum atomic E-state index is 5.95. The number of nitrogen functional groups attached to an aromatic ring is 1. The molecule has 2 aromatic heterocycles. The van der Waals surface area contributed by atoms with Gasteiger partial charge in [0.1, 0.15) is 0 Å². The predicted molar refractivity (Wildman–Crippen MR) is 61.6 cm³/mol. The van der Waals surface area contributed by atoms with Gasteiger partial charge in [0.15, 0.2) is 0 Å². The van der Waals surface area contributed by atoms with E-state index < -0.39 is 0 Å². The van der Waals surface area contributed by atoms with E-state index in [0.29, 0.717) is 0 Å². The smallest absolute Gasteiger partial charge is 0.0602 e. The average molecular weight is 215 g/mol. The van der Waals surface area contributed by atoms with E-state index in [4.69, 9.17) is 5.73 Å². The fourth-order valence-electron chi connectivity index (χ4n) is 2.04. The van der Waals surface area contributed by atoms with Crippen molar-refractivity contribution in [3.05, 3.63) is 30.4 Å². The van der Waals surface area contributed by atoms with Crippen LogP contribution in [-0.4, -0.2) is 21.3 Å². The first-order chi connectivity index (χ1) is 7.86. The van der Waals surface area contributed by atoms with Crippen molar-refractivity contribution in [2.45, 2.75) is 13.1 Å². The Morgan fingerprint density at radius 3 is 3.12 bits per heavy atom. The molecule has 0 atom stereocenters. The summed E-state index contributed by atoms with van der Waals surface area (Å²) >= 11 is 0. The second kappa shape index (κ2) is 3.61. The fourth-order valence-corrected chi connectivity index (χ4v) is 2.04. The largest absolute Gasteiger partial charge is 0.398 e. The van der Waals surface area contributed by atoms with E-state index in [-0.39, 0.29) is 0 Å². The van der Waals surface area contributed by atoms with Crippen LogP contribution in [0.25, 0.3) is 11.1 Å². The van der Waals surface area contributed by atoms with Gasteiger partial charge in [0.2, 0.25) is 0 Å². The molecule has 82 valence electrons. The first kappa shape index (κ1) is 9.35. The minimum Gasteiger partial charge on any atom is -0.398 e. The van der Waals surface area contributed by atoms with Gasteiger partial charge in [-0.05, 0) is 6.07 Å². The molecule has 1 aliphatic heterocycles. The highest BCUT2D eigenvalue weighted by Gasteiger charge is 2.16. The van der Waals surface area contributed by atoms with Crippen molar-refractivity contribution < 1.29 is 0 Å². The summed E-state index contributed by atoms with van der Waals surface area (Å²) in [6, 6.07) is 1.82. The van der Waals surface area contributed by atoms with Gasteiger partial charge >= 0.3 is 0 Å². The van der Waals surface area contributed by atoms with Gasteiger partial charge < -0.3 is 11.1 Å². The van der Waals surface area contributed by atoms with E-state index in [1.807, 2.05) is 16.9 Å². The Bertz CT molecular complexity index is 517. The van der Waals surface area contributed by atoms with Crippen LogP contribution in [0.3, 0.4) is 0 Å². The molecule has 0 unspecified atom stereocenters. The van der Waals surface area contributed by atoms with Crippen LogP contribution in [0.1, 0.15) is 5.69 Å². The Balaban J connectivity index is 2.13. The summed E-state index contributed by atoms with van der Waals surface area (Å²) in [5.41, 5.74) is 9.93. The molecule has 3 heterocycles. The molecule has 1 aliphatic rings. The number of hydrogen-bond acceptors (Lipinski definition) is 4. The quantitative estimate of drug-likeness (QED) is 0.732. The van der Waals surface area contributed by atoms with Crippen molar-refractivity contribution in [3.8, 4) is 11.1 Å². The Morgan fingerprint density at radius 2 is 2.25 bits per heavy atom. The molecule has 0 amide bonds. The molecular weight excluding hydrogens is 202 g/mol. The van der Waals surface area contributed by atoms with E-state index in [1.165, 1.54) is 5.69 Å². The van der Waals surface area contributed by atoms with Gasteiger partial charge in [-0.2, -0.15) is 5.10 Å². The van der Waals surface area contributed by atoms with Crippen LogP contribution in [0.5, 0.6) is 0 Å². The number of fused-ring (bicyclic) bond motifs is 1. The molecule has 0 spiro atoms. The Hall–Kier alpha value is -1.88. The van der Waals surface area contributed by atoms with Gasteiger partial charge in [-0.15, -0.1) is 0 Å². The van der Waals surface area contributed by atoms with E-state index in [9.17, 15) is 0 Å². The van der Waals surface area contributed by atoms with Gasteiger partial charge in [0.25, 0.3) is 0 Å². The lowest BCUT2D eigenvalue weighted by molar-refractivity contribution is 0.476. The van der Waals surface area contributed by atoms with E-state index >= 15 is 0 Å². The molecule has 2 aromatic rings. The third-order valence-electron chi connectivity index (χ3n) is 2.89. The van der Waals surface area contributed by atoms with E-state index in [0.717, 1.165) is 36.4 Å². The normalized spacial score (nSPS) is 14.8. The lowest BCUT2D eigenvalue weighted by Crippen LogP contribution is -2.28. The summed E-state index contributed by atoms with van der Waals surface area (Å²) in [5.74, 6) is 0. The summed E-state index contributed by atoms with van der Waals surface area (Å²) in [5, 5.41) is 7.70. The molecule has 0 aromatic carbocycles. The molecule has 5 heteroatoms. The van der Waals surface area contributed by atoms with Gasteiger partial charge in [-0.1, -0.05) is 0 Å². The minimum atomic E-state index is 0.747. The lowest BCUT2D eigenvalue weighted by Gasteiger charge is -2.16. The number of rotatable bonds is 1. The third kappa shape index (κ3) is 1.37. The van der Waals surface area contributed by atoms with Crippen molar-refractivity contribution in [1.29, 1.82) is 0 Å². The van der Waals surface area contributed by atoms with Crippen molar-refractivity contribution >= 4 is 5.69 Å². The van der Waals surface area contributed by atoms with Crippen LogP contribution < -0.4 is 11.1 Å². The molecule has 0 fully saturated rings. The fraction of sp³-hybridized carbons (Fsp3) is 0.273. The topological polar surface area (TPSA) is 68.8 Å². The maximum Gasteiger partial charge on any atom is 0.0602 e. The third-order valence-corrected chi connectivity index (χ3v) is 2.89. The monoisotopic (exact) mass is 215 g/mol. The number of hydrogen-bond donors (Lipinski definition) is 2. The Kier molecular flexibility index (Phi) is 2.11. The number of aromatic nitrogens is 3. The molecule has 0 radical (unpaired) electrons. The molecule has 16 heavy (non-hydrogen) atoms. The van der Waals surface area contributed by atoms with Crippen LogP contribution in [0.2, 0.25) is 0 Å². The summed E-state index contributed by atoms with van der Waals surface area (Å²) in [7, 11) is 0. The molecule has 3 N–H and O–H groups in total. The average Bonchev–Trinajstić information content (AvgIpc) is 2.74. The zero-order chi connectivity index (χ0) is 11.0. The summed E-state index contributed by atoms with van der Waals surface area (Å²) in [4.78, 5) is 4.11. The van der Waals surface area contributed by atoms with E-state index in [2.05, 4.69) is 15.4 Å². The summed E-state index contributed by atoms with van der Waals surface area (Å²) in [6.45, 7) is 2.72. The number of nitrogens with one attached hydrogen (secondary N) is 1. The van der Waals surface area contributed by atoms with Crippen molar-refractivity contribution in [1.82, 2.24) is 20.1 Å². The van der Waals surface area contributed by atoms with Gasteiger partial charge in [0, 0.05) is 42.3 Å². The minimum absolute atomic E-state index is 0.747. The highest BCUT2D eigenvalue weighted by atomic mass is 15.3. The standard InChI is InChI=1S/C11H13N5/c12-10-1-2-13-5-8(10)9-6-15-16-4-3-14-7-11(9)16/h1-2,5-6,14H,3-4,7H2,(H2,12,13). The maximum absolute atomic E-state index is 5.95. The number of pyridine rings is 1. The zero-order valence-electron chi connectivity index (χ0n) is 8.85. The zero-order valence-corrected chi connectivity index (χ0v) is 8.85. The van der Waals surface area contributed by atoms with Crippen LogP contribution in [0.15, 0.2) is 24.7 Å². The molecule has 5 nitrogen and oxygen atoms in total. The molecule has 0 bridgehead atoms. The lowest BCUT2D eigenvalue weighted by atomic mass is 10.1. The van der Waals surface area contributed by atoms with Crippen LogP contribution >= 0.6 is 0 Å². The van der Waals surface area contributed by atoms with Gasteiger partial charge in [-0.25, -0.2) is 0 Å². The van der Waals surface area contributed by atoms with Gasteiger partial charge in [0.05, 0.1) is 18.4 Å². The number of nitrogens with two attached hydrogens (primary N) is 1. The highest BCUT2D eigenvalue weighted by molar-refractivity contribution is 5.76. The van der Waals surface area contributed by atoms with Crippen molar-refractivity contribution in [3.63, 3.8) is 0 Å². The van der Waals surface area contributed by atoms with Crippen LogP contribution in [0, 0.1) is 0 Å². The second-order valence-corrected chi connectivity index (χ2v) is 3.87. The molecule has 0 saturated carbocycles. The van der Waals surface area contributed by atoms with Crippen molar-refractivity contribution in [2.24, 2.45) is 0 Å². The van der Waals surface area contributed by atoms with Crippen molar-refractivity contribution in [2.75, 3.05) is 12.3 Å². The molecule has 0 aliphatic carbocycles.